The smallest absolute Gasteiger partial charge is 0.268 e. The first-order valence-electron chi connectivity index (χ1n) is 5.89. The van der Waals surface area contributed by atoms with Gasteiger partial charge in [-0.15, -0.1) is 0 Å². The molecule has 0 aliphatic heterocycles. The zero-order valence-corrected chi connectivity index (χ0v) is 10.6. The number of hydrogen-bond donors (Lipinski definition) is 2. The first-order valence-corrected chi connectivity index (χ1v) is 5.89. The van der Waals surface area contributed by atoms with E-state index in [1.165, 1.54) is 0 Å². The predicted octanol–water partition coefficient (Wildman–Crippen LogP) is 1.95. The van der Waals surface area contributed by atoms with E-state index < -0.39 is 5.56 Å². The summed E-state index contributed by atoms with van der Waals surface area (Å²) in [5, 5.41) is 9.12. The number of aromatic nitrogens is 2. The number of anilines is 1. The lowest BCUT2D eigenvalue weighted by Gasteiger charge is -2.04. The number of fused-ring (bicyclic) bond motifs is 1. The van der Waals surface area contributed by atoms with Gasteiger partial charge in [0.05, 0.1) is 0 Å². The molecule has 0 spiro atoms. The van der Waals surface area contributed by atoms with Crippen LogP contribution in [-0.2, 0) is 0 Å². The van der Waals surface area contributed by atoms with Gasteiger partial charge in [-0.1, -0.05) is 6.07 Å². The Hall–Kier alpha value is -3.07. The fourth-order valence-corrected chi connectivity index (χ4v) is 2.13. The van der Waals surface area contributed by atoms with Gasteiger partial charge in [-0.25, -0.2) is 4.98 Å². The first-order chi connectivity index (χ1) is 9.58. The first kappa shape index (κ1) is 12.0. The molecule has 3 N–H and O–H groups in total. The molecule has 0 aliphatic carbocycles. The van der Waals surface area contributed by atoms with E-state index in [0.717, 1.165) is 5.52 Å². The fraction of sp³-hybridized carbons (Fsp3) is 0.0714. The number of H-pyrrole nitrogens is 1. The SMILES string of the molecule is Cc1nc2ccc(-c3cc(N)[nH]c(=O)c3C#N)cc2o1. The molecule has 98 valence electrons. The Balaban J connectivity index is 2.30. The topological polar surface area (TPSA) is 109 Å². The summed E-state index contributed by atoms with van der Waals surface area (Å²) >= 11 is 0. The summed E-state index contributed by atoms with van der Waals surface area (Å²) in [6.07, 6.45) is 0. The van der Waals surface area contributed by atoms with Crippen LogP contribution in [0.2, 0.25) is 0 Å². The Kier molecular flexibility index (Phi) is 2.54. The number of nitrogens with one attached hydrogen (secondary N) is 1. The normalized spacial score (nSPS) is 10.6. The lowest BCUT2D eigenvalue weighted by Crippen LogP contribution is -2.13. The molecule has 0 aliphatic rings. The predicted molar refractivity (Wildman–Crippen MR) is 73.9 cm³/mol. The maximum Gasteiger partial charge on any atom is 0.268 e. The number of aryl methyl sites for hydroxylation is 1. The molecule has 2 aromatic heterocycles. The van der Waals surface area contributed by atoms with Gasteiger partial charge in [0.2, 0.25) is 0 Å². The summed E-state index contributed by atoms with van der Waals surface area (Å²) < 4.78 is 5.45. The maximum atomic E-state index is 11.7. The summed E-state index contributed by atoms with van der Waals surface area (Å²) in [5.74, 6) is 0.765. The fourth-order valence-electron chi connectivity index (χ4n) is 2.13. The average Bonchev–Trinajstić information content (AvgIpc) is 2.76. The van der Waals surface area contributed by atoms with Crippen LogP contribution in [0.3, 0.4) is 0 Å². The van der Waals surface area contributed by atoms with Crippen molar-refractivity contribution < 1.29 is 4.42 Å². The van der Waals surface area contributed by atoms with E-state index in [-0.39, 0.29) is 11.4 Å². The van der Waals surface area contributed by atoms with Crippen molar-refractivity contribution in [3.63, 3.8) is 0 Å². The van der Waals surface area contributed by atoms with Gasteiger partial charge in [-0.2, -0.15) is 5.26 Å². The number of pyridine rings is 1. The van der Waals surface area contributed by atoms with Gasteiger partial charge in [0.1, 0.15) is 23.0 Å². The van der Waals surface area contributed by atoms with E-state index in [4.69, 9.17) is 15.4 Å². The van der Waals surface area contributed by atoms with Crippen molar-refractivity contribution >= 4 is 16.9 Å². The van der Waals surface area contributed by atoms with E-state index >= 15 is 0 Å². The minimum absolute atomic E-state index is 0.0230. The van der Waals surface area contributed by atoms with Crippen LogP contribution in [0.4, 0.5) is 5.82 Å². The van der Waals surface area contributed by atoms with Crippen molar-refractivity contribution in [2.45, 2.75) is 6.92 Å². The quantitative estimate of drug-likeness (QED) is 0.699. The average molecular weight is 266 g/mol. The van der Waals surface area contributed by atoms with Crippen molar-refractivity contribution in [1.82, 2.24) is 9.97 Å². The van der Waals surface area contributed by atoms with Crippen molar-refractivity contribution in [3.05, 3.63) is 46.1 Å². The molecule has 0 bridgehead atoms. The summed E-state index contributed by atoms with van der Waals surface area (Å²) in [7, 11) is 0. The van der Waals surface area contributed by atoms with Gasteiger partial charge >= 0.3 is 0 Å². The van der Waals surface area contributed by atoms with Crippen molar-refractivity contribution in [2.24, 2.45) is 0 Å². The number of hydrogen-bond acceptors (Lipinski definition) is 5. The second-order valence-electron chi connectivity index (χ2n) is 4.37. The molecule has 0 saturated heterocycles. The molecular formula is C14H10N4O2. The van der Waals surface area contributed by atoms with Gasteiger partial charge in [0, 0.05) is 12.5 Å². The summed E-state index contributed by atoms with van der Waals surface area (Å²) in [5.41, 5.74) is 7.64. The minimum Gasteiger partial charge on any atom is -0.441 e. The molecule has 0 radical (unpaired) electrons. The lowest BCUT2D eigenvalue weighted by atomic mass is 10.0. The van der Waals surface area contributed by atoms with Crippen LogP contribution in [0.15, 0.2) is 33.5 Å². The van der Waals surface area contributed by atoms with Crippen LogP contribution in [0.1, 0.15) is 11.5 Å². The van der Waals surface area contributed by atoms with E-state index in [1.54, 1.807) is 31.2 Å². The molecule has 0 atom stereocenters. The molecule has 2 heterocycles. The molecule has 3 aromatic rings. The molecule has 6 nitrogen and oxygen atoms in total. The second-order valence-corrected chi connectivity index (χ2v) is 4.37. The van der Waals surface area contributed by atoms with Gasteiger partial charge in [0.15, 0.2) is 11.5 Å². The number of nitrogens with two attached hydrogens (primary N) is 1. The third kappa shape index (κ3) is 1.82. The Bertz CT molecular complexity index is 915. The zero-order valence-electron chi connectivity index (χ0n) is 10.6. The van der Waals surface area contributed by atoms with Crippen molar-refractivity contribution in [3.8, 4) is 17.2 Å². The van der Waals surface area contributed by atoms with Crippen molar-refractivity contribution in [2.75, 3.05) is 5.73 Å². The van der Waals surface area contributed by atoms with Gasteiger partial charge in [-0.3, -0.25) is 4.79 Å². The number of rotatable bonds is 1. The highest BCUT2D eigenvalue weighted by Gasteiger charge is 2.12. The van der Waals surface area contributed by atoms with Crippen molar-refractivity contribution in [1.29, 1.82) is 5.26 Å². The zero-order chi connectivity index (χ0) is 14.3. The summed E-state index contributed by atoms with van der Waals surface area (Å²) in [6, 6.07) is 8.75. The Labute approximate surface area is 113 Å². The standard InChI is InChI=1S/C14H10N4O2/c1-7-17-11-3-2-8(4-12(11)20-7)9-5-13(16)18-14(19)10(9)6-15/h2-5H,1H3,(H3,16,18,19). The molecule has 20 heavy (non-hydrogen) atoms. The van der Waals surface area contributed by atoms with Gasteiger partial charge < -0.3 is 15.1 Å². The Morgan fingerprint density at radius 3 is 2.95 bits per heavy atom. The van der Waals surface area contributed by atoms with Crippen LogP contribution >= 0.6 is 0 Å². The summed E-state index contributed by atoms with van der Waals surface area (Å²) in [4.78, 5) is 18.3. The maximum absolute atomic E-state index is 11.7. The largest absolute Gasteiger partial charge is 0.441 e. The molecular weight excluding hydrogens is 256 g/mol. The monoisotopic (exact) mass is 266 g/mol. The van der Waals surface area contributed by atoms with E-state index in [9.17, 15) is 4.79 Å². The third-order valence-electron chi connectivity index (χ3n) is 2.97. The minimum atomic E-state index is -0.503. The lowest BCUT2D eigenvalue weighted by molar-refractivity contribution is 0.561. The number of oxazole rings is 1. The number of nitrogens with zero attached hydrogens (tertiary/aromatic N) is 2. The van der Waals surface area contributed by atoms with E-state index in [0.29, 0.717) is 22.6 Å². The summed E-state index contributed by atoms with van der Waals surface area (Å²) in [6.45, 7) is 1.76. The van der Waals surface area contributed by atoms with Crippen LogP contribution in [-0.4, -0.2) is 9.97 Å². The number of benzene rings is 1. The van der Waals surface area contributed by atoms with Crippen LogP contribution < -0.4 is 11.3 Å². The van der Waals surface area contributed by atoms with Crippen LogP contribution in [0.25, 0.3) is 22.2 Å². The van der Waals surface area contributed by atoms with E-state index in [1.807, 2.05) is 6.07 Å². The number of aromatic amines is 1. The highest BCUT2D eigenvalue weighted by molar-refractivity contribution is 5.82. The molecule has 0 saturated carbocycles. The molecule has 0 unspecified atom stereocenters. The Morgan fingerprint density at radius 1 is 1.40 bits per heavy atom. The highest BCUT2D eigenvalue weighted by atomic mass is 16.3. The molecule has 0 fully saturated rings. The molecule has 3 rings (SSSR count). The van der Waals surface area contributed by atoms with Crippen LogP contribution in [0, 0.1) is 18.3 Å². The molecule has 0 amide bonds. The van der Waals surface area contributed by atoms with Gasteiger partial charge in [-0.05, 0) is 23.8 Å². The van der Waals surface area contributed by atoms with E-state index in [2.05, 4.69) is 9.97 Å². The highest BCUT2D eigenvalue weighted by Crippen LogP contribution is 2.26. The number of nitrogen functional groups attached to an aromatic ring is 1. The number of nitriles is 1. The Morgan fingerprint density at radius 2 is 2.20 bits per heavy atom. The molecule has 1 aromatic carbocycles. The third-order valence-corrected chi connectivity index (χ3v) is 2.97. The van der Waals surface area contributed by atoms with Crippen LogP contribution in [0.5, 0.6) is 0 Å². The second kappa shape index (κ2) is 4.24. The molecule has 6 heteroatoms. The van der Waals surface area contributed by atoms with Gasteiger partial charge in [0.25, 0.3) is 5.56 Å².